The number of methoxy groups -OCH3 is 2. The van der Waals surface area contributed by atoms with Crippen LogP contribution >= 0.6 is 11.8 Å². The number of nitrogens with two attached hydrogens (primary N) is 1. The van der Waals surface area contributed by atoms with Gasteiger partial charge in [0.2, 0.25) is 0 Å². The smallest absolute Gasteiger partial charge is 0.162 e. The minimum Gasteiger partial charge on any atom is -0.493 e. The van der Waals surface area contributed by atoms with Gasteiger partial charge in [0.25, 0.3) is 0 Å². The van der Waals surface area contributed by atoms with E-state index in [1.54, 1.807) is 20.3 Å². The van der Waals surface area contributed by atoms with Crippen LogP contribution in [0.15, 0.2) is 12.1 Å². The van der Waals surface area contributed by atoms with Crippen LogP contribution in [0.4, 0.5) is 11.4 Å². The van der Waals surface area contributed by atoms with E-state index < -0.39 is 0 Å². The Morgan fingerprint density at radius 1 is 1.29 bits per heavy atom. The van der Waals surface area contributed by atoms with Crippen molar-refractivity contribution in [3.05, 3.63) is 12.1 Å². The van der Waals surface area contributed by atoms with Gasteiger partial charge in [-0.15, -0.1) is 0 Å². The number of benzene rings is 1. The Morgan fingerprint density at radius 3 is 2.59 bits per heavy atom. The molecule has 0 bridgehead atoms. The molecule has 1 aliphatic heterocycles. The molecule has 1 atom stereocenters. The zero-order chi connectivity index (χ0) is 12.3. The van der Waals surface area contributed by atoms with Crippen molar-refractivity contribution in [2.24, 2.45) is 0 Å². The van der Waals surface area contributed by atoms with Gasteiger partial charge in [0.05, 0.1) is 25.6 Å². The van der Waals surface area contributed by atoms with Gasteiger partial charge in [0.1, 0.15) is 0 Å². The Bertz CT molecular complexity index is 392. The lowest BCUT2D eigenvalue weighted by Gasteiger charge is -2.17. The van der Waals surface area contributed by atoms with E-state index in [0.717, 1.165) is 11.4 Å². The lowest BCUT2D eigenvalue weighted by molar-refractivity contribution is 0.355. The number of thioether (sulfide) groups is 1. The number of rotatable bonds is 4. The van der Waals surface area contributed by atoms with Gasteiger partial charge in [-0.1, -0.05) is 0 Å². The molecule has 1 unspecified atom stereocenters. The second-order valence-electron chi connectivity index (χ2n) is 4.00. The summed E-state index contributed by atoms with van der Waals surface area (Å²) in [6, 6.07) is 4.20. The molecular weight excluding hydrogens is 236 g/mol. The lowest BCUT2D eigenvalue weighted by atomic mass is 10.2. The summed E-state index contributed by atoms with van der Waals surface area (Å²) in [5.41, 5.74) is 7.61. The molecule has 0 aromatic heterocycles. The van der Waals surface area contributed by atoms with Crippen molar-refractivity contribution in [2.75, 3.05) is 36.8 Å². The number of ether oxygens (including phenoxy) is 2. The minimum absolute atomic E-state index is 0.500. The first-order valence-electron chi connectivity index (χ1n) is 5.60. The quantitative estimate of drug-likeness (QED) is 0.807. The molecule has 94 valence electrons. The number of nitrogens with one attached hydrogen (secondary N) is 1. The van der Waals surface area contributed by atoms with E-state index in [1.807, 2.05) is 17.8 Å². The Hall–Kier alpha value is -1.23. The van der Waals surface area contributed by atoms with Gasteiger partial charge in [0.15, 0.2) is 11.5 Å². The maximum absolute atomic E-state index is 5.99. The summed E-state index contributed by atoms with van der Waals surface area (Å²) in [5.74, 6) is 3.71. The highest BCUT2D eigenvalue weighted by molar-refractivity contribution is 7.99. The molecule has 1 aromatic carbocycles. The van der Waals surface area contributed by atoms with Crippen LogP contribution in [0.5, 0.6) is 11.5 Å². The summed E-state index contributed by atoms with van der Waals surface area (Å²) < 4.78 is 10.5. The highest BCUT2D eigenvalue weighted by Crippen LogP contribution is 2.35. The molecule has 2 rings (SSSR count). The van der Waals surface area contributed by atoms with Crippen LogP contribution in [0.25, 0.3) is 0 Å². The molecule has 1 aliphatic rings. The molecular formula is C12H18N2O2S. The molecule has 1 saturated heterocycles. The molecule has 0 aliphatic carbocycles. The number of anilines is 2. The highest BCUT2D eigenvalue weighted by Gasteiger charge is 2.17. The maximum Gasteiger partial charge on any atom is 0.162 e. The van der Waals surface area contributed by atoms with Crippen molar-refractivity contribution >= 4 is 23.1 Å². The minimum atomic E-state index is 0.500. The molecule has 1 heterocycles. The summed E-state index contributed by atoms with van der Waals surface area (Å²) in [6.07, 6.45) is 1.18. The Kier molecular flexibility index (Phi) is 3.89. The van der Waals surface area contributed by atoms with Gasteiger partial charge in [-0.25, -0.2) is 0 Å². The van der Waals surface area contributed by atoms with Crippen LogP contribution in [0, 0.1) is 0 Å². The molecule has 0 amide bonds. The van der Waals surface area contributed by atoms with Crippen LogP contribution in [0.2, 0.25) is 0 Å². The summed E-state index contributed by atoms with van der Waals surface area (Å²) >= 11 is 1.97. The molecule has 1 aromatic rings. The Balaban J connectivity index is 2.20. The van der Waals surface area contributed by atoms with Gasteiger partial charge < -0.3 is 20.5 Å². The first-order chi connectivity index (χ1) is 8.24. The summed E-state index contributed by atoms with van der Waals surface area (Å²) in [7, 11) is 3.24. The molecule has 17 heavy (non-hydrogen) atoms. The predicted octanol–water partition coefficient (Wildman–Crippen LogP) is 2.20. The van der Waals surface area contributed by atoms with Gasteiger partial charge in [-0.2, -0.15) is 11.8 Å². The predicted molar refractivity (Wildman–Crippen MR) is 73.3 cm³/mol. The van der Waals surface area contributed by atoms with Crippen LogP contribution < -0.4 is 20.5 Å². The molecule has 3 N–H and O–H groups in total. The molecule has 0 spiro atoms. The number of hydrogen-bond donors (Lipinski definition) is 2. The Morgan fingerprint density at radius 2 is 2.00 bits per heavy atom. The molecule has 4 nitrogen and oxygen atoms in total. The van der Waals surface area contributed by atoms with Crippen LogP contribution in [-0.4, -0.2) is 31.8 Å². The van der Waals surface area contributed by atoms with Gasteiger partial charge in [-0.3, -0.25) is 0 Å². The normalized spacial score (nSPS) is 19.1. The van der Waals surface area contributed by atoms with Crippen molar-refractivity contribution in [2.45, 2.75) is 12.5 Å². The Labute approximate surface area is 106 Å². The summed E-state index contributed by atoms with van der Waals surface area (Å²) in [4.78, 5) is 0. The first kappa shape index (κ1) is 12.2. The maximum atomic E-state index is 5.99. The highest BCUT2D eigenvalue weighted by atomic mass is 32.2. The lowest BCUT2D eigenvalue weighted by Crippen LogP contribution is -2.19. The average Bonchev–Trinajstić information content (AvgIpc) is 2.84. The SMILES string of the molecule is COc1cc(N)c(NC2CCSC2)cc1OC. The van der Waals surface area contributed by atoms with E-state index in [2.05, 4.69) is 5.32 Å². The largest absolute Gasteiger partial charge is 0.493 e. The van der Waals surface area contributed by atoms with E-state index in [0.29, 0.717) is 23.2 Å². The fourth-order valence-electron chi connectivity index (χ4n) is 1.89. The number of nitrogen functional groups attached to an aromatic ring is 1. The van der Waals surface area contributed by atoms with Crippen LogP contribution in [0.1, 0.15) is 6.42 Å². The van der Waals surface area contributed by atoms with E-state index in [1.165, 1.54) is 12.2 Å². The van der Waals surface area contributed by atoms with Crippen molar-refractivity contribution in [1.82, 2.24) is 0 Å². The molecule has 0 saturated carbocycles. The zero-order valence-corrected chi connectivity index (χ0v) is 11.0. The van der Waals surface area contributed by atoms with Crippen LogP contribution in [0.3, 0.4) is 0 Å². The average molecular weight is 254 g/mol. The van der Waals surface area contributed by atoms with Crippen molar-refractivity contribution in [3.8, 4) is 11.5 Å². The van der Waals surface area contributed by atoms with Crippen molar-refractivity contribution in [1.29, 1.82) is 0 Å². The fraction of sp³-hybridized carbons (Fsp3) is 0.500. The third-order valence-corrected chi connectivity index (χ3v) is 4.01. The molecule has 0 radical (unpaired) electrons. The van der Waals surface area contributed by atoms with Crippen LogP contribution in [-0.2, 0) is 0 Å². The van der Waals surface area contributed by atoms with Crippen molar-refractivity contribution < 1.29 is 9.47 Å². The van der Waals surface area contributed by atoms with Gasteiger partial charge >= 0.3 is 0 Å². The summed E-state index contributed by atoms with van der Waals surface area (Å²) in [5, 5.41) is 3.45. The summed E-state index contributed by atoms with van der Waals surface area (Å²) in [6.45, 7) is 0. The molecule has 1 fully saturated rings. The van der Waals surface area contributed by atoms with E-state index in [-0.39, 0.29) is 0 Å². The standard InChI is InChI=1S/C12H18N2O2S/c1-15-11-5-9(13)10(6-12(11)16-2)14-8-3-4-17-7-8/h5-6,8,14H,3-4,7,13H2,1-2H3. The van der Waals surface area contributed by atoms with E-state index in [4.69, 9.17) is 15.2 Å². The zero-order valence-electron chi connectivity index (χ0n) is 10.2. The second-order valence-corrected chi connectivity index (χ2v) is 5.15. The third kappa shape index (κ3) is 2.72. The number of hydrogen-bond acceptors (Lipinski definition) is 5. The van der Waals surface area contributed by atoms with Gasteiger partial charge in [-0.05, 0) is 12.2 Å². The van der Waals surface area contributed by atoms with Crippen molar-refractivity contribution in [3.63, 3.8) is 0 Å². The third-order valence-electron chi connectivity index (χ3n) is 2.85. The first-order valence-corrected chi connectivity index (χ1v) is 6.76. The fourth-order valence-corrected chi connectivity index (χ4v) is 3.04. The monoisotopic (exact) mass is 254 g/mol. The van der Waals surface area contributed by atoms with Gasteiger partial charge in [0, 0.05) is 23.9 Å². The topological polar surface area (TPSA) is 56.5 Å². The van der Waals surface area contributed by atoms with E-state index >= 15 is 0 Å². The second kappa shape index (κ2) is 5.40. The molecule has 5 heteroatoms. The van der Waals surface area contributed by atoms with E-state index in [9.17, 15) is 0 Å².